The van der Waals surface area contributed by atoms with E-state index in [0.29, 0.717) is 0 Å². The first kappa shape index (κ1) is 7.75. The van der Waals surface area contributed by atoms with Crippen molar-refractivity contribution < 1.29 is 0 Å². The van der Waals surface area contributed by atoms with E-state index in [1.54, 1.807) is 0 Å². The predicted octanol–water partition coefficient (Wildman–Crippen LogP) is 2.29. The van der Waals surface area contributed by atoms with E-state index in [2.05, 4.69) is 40.5 Å². The molecule has 1 aromatic heterocycles. The Labute approximate surface area is 73.8 Å². The lowest BCUT2D eigenvalue weighted by Gasteiger charge is -2.00. The van der Waals surface area contributed by atoms with Gasteiger partial charge in [0.05, 0.1) is 11.7 Å². The summed E-state index contributed by atoms with van der Waals surface area (Å²) in [6.45, 7) is 4.21. The first-order valence-electron chi connectivity index (χ1n) is 3.88. The Balaban J connectivity index is 2.93. The van der Waals surface area contributed by atoms with Crippen molar-refractivity contribution in [3.63, 3.8) is 0 Å². The van der Waals surface area contributed by atoms with Gasteiger partial charge in [0.25, 0.3) is 0 Å². The molecule has 1 unspecified atom stereocenters. The van der Waals surface area contributed by atoms with Gasteiger partial charge in [-0.05, 0) is 34.9 Å². The van der Waals surface area contributed by atoms with Crippen LogP contribution in [0.4, 0.5) is 0 Å². The summed E-state index contributed by atoms with van der Waals surface area (Å²) in [5, 5.41) is 5.39. The van der Waals surface area contributed by atoms with Crippen molar-refractivity contribution in [2.45, 2.75) is 13.8 Å². The average molecular weight is 178 g/mol. The molecule has 2 rings (SSSR count). The summed E-state index contributed by atoms with van der Waals surface area (Å²) >= 11 is 0. The number of hydrogen-bond acceptors (Lipinski definition) is 1. The minimum Gasteiger partial charge on any atom is -0.250 e. The van der Waals surface area contributed by atoms with Gasteiger partial charge in [0.15, 0.2) is 0 Å². The van der Waals surface area contributed by atoms with Crippen molar-refractivity contribution in [2.24, 2.45) is 0 Å². The molecule has 1 aromatic carbocycles. The van der Waals surface area contributed by atoms with E-state index < -0.39 is 0 Å². The van der Waals surface area contributed by atoms with Gasteiger partial charge in [0.1, 0.15) is 0 Å². The molecule has 1 atom stereocenters. The van der Waals surface area contributed by atoms with Crippen LogP contribution in [-0.4, -0.2) is 9.55 Å². The number of hydrogen-bond donors (Lipinski definition) is 0. The highest BCUT2D eigenvalue weighted by molar-refractivity contribution is 7.14. The molecular weight excluding hydrogens is 167 g/mol. The molecule has 0 saturated carbocycles. The molecule has 0 amide bonds. The Bertz CT molecular complexity index is 431. The highest BCUT2D eigenvalue weighted by atomic mass is 31.0. The van der Waals surface area contributed by atoms with Gasteiger partial charge in [-0.3, -0.25) is 4.45 Å². The van der Waals surface area contributed by atoms with Crippen LogP contribution in [-0.2, 0) is 0 Å². The number of fused-ring (bicyclic) bond motifs is 1. The third-order valence-corrected chi connectivity index (χ3v) is 2.42. The number of benzene rings is 1. The third-order valence-electron chi connectivity index (χ3n) is 2.02. The maximum atomic E-state index is 4.18. The molecule has 3 heteroatoms. The molecule has 0 bridgehead atoms. The second-order valence-corrected chi connectivity index (χ2v) is 3.60. The van der Waals surface area contributed by atoms with E-state index in [1.807, 2.05) is 10.6 Å². The lowest BCUT2D eigenvalue weighted by Crippen LogP contribution is -1.84. The topological polar surface area (TPSA) is 17.8 Å². The molecule has 0 spiro atoms. The highest BCUT2D eigenvalue weighted by Crippen LogP contribution is 2.21. The molecule has 62 valence electrons. The van der Waals surface area contributed by atoms with Gasteiger partial charge in [0, 0.05) is 5.39 Å². The quantitative estimate of drug-likeness (QED) is 0.566. The summed E-state index contributed by atoms with van der Waals surface area (Å²) in [6.07, 6.45) is 1.89. The molecule has 0 aliphatic heterocycles. The van der Waals surface area contributed by atoms with Crippen molar-refractivity contribution in [2.75, 3.05) is 0 Å². The molecule has 0 N–H and O–H groups in total. The van der Waals surface area contributed by atoms with Crippen LogP contribution in [0.2, 0.25) is 0 Å². The zero-order valence-corrected chi connectivity index (χ0v) is 8.36. The lowest BCUT2D eigenvalue weighted by atomic mass is 10.1. The van der Waals surface area contributed by atoms with Crippen molar-refractivity contribution in [1.82, 2.24) is 9.55 Å². The minimum atomic E-state index is 1.20. The Morgan fingerprint density at radius 2 is 2.08 bits per heavy atom. The Kier molecular flexibility index (Phi) is 1.66. The van der Waals surface area contributed by atoms with Gasteiger partial charge in [-0.2, -0.15) is 5.10 Å². The SMILES string of the molecule is Cc1cc(C)c2c(cnn2P)c1. The van der Waals surface area contributed by atoms with Crippen LogP contribution in [0.5, 0.6) is 0 Å². The molecule has 2 aromatic rings. The molecule has 2 nitrogen and oxygen atoms in total. The molecule has 0 fully saturated rings. The van der Waals surface area contributed by atoms with Crippen LogP contribution >= 0.6 is 9.39 Å². The Hall–Kier alpha value is -0.880. The van der Waals surface area contributed by atoms with Gasteiger partial charge >= 0.3 is 0 Å². The molecule has 0 aliphatic carbocycles. The molecule has 0 radical (unpaired) electrons. The van der Waals surface area contributed by atoms with Crippen molar-refractivity contribution in [3.05, 3.63) is 29.5 Å². The normalized spacial score (nSPS) is 10.9. The lowest BCUT2D eigenvalue weighted by molar-refractivity contribution is 1.04. The summed E-state index contributed by atoms with van der Waals surface area (Å²) in [7, 11) is 2.59. The van der Waals surface area contributed by atoms with Crippen molar-refractivity contribution in [1.29, 1.82) is 0 Å². The fraction of sp³-hybridized carbons (Fsp3) is 0.222. The Morgan fingerprint density at radius 3 is 2.83 bits per heavy atom. The van der Waals surface area contributed by atoms with Crippen LogP contribution in [0.15, 0.2) is 18.3 Å². The fourth-order valence-corrected chi connectivity index (χ4v) is 2.01. The van der Waals surface area contributed by atoms with Crippen molar-refractivity contribution in [3.8, 4) is 0 Å². The number of aromatic nitrogens is 2. The zero-order valence-electron chi connectivity index (χ0n) is 7.20. The van der Waals surface area contributed by atoms with Crippen LogP contribution in [0.25, 0.3) is 10.9 Å². The van der Waals surface area contributed by atoms with Crippen LogP contribution in [0.1, 0.15) is 11.1 Å². The van der Waals surface area contributed by atoms with E-state index >= 15 is 0 Å². The maximum Gasteiger partial charge on any atom is 0.0746 e. The smallest absolute Gasteiger partial charge is 0.0746 e. The molecule has 1 heterocycles. The number of nitrogens with zero attached hydrogens (tertiary/aromatic N) is 2. The van der Waals surface area contributed by atoms with Crippen LogP contribution in [0.3, 0.4) is 0 Å². The van der Waals surface area contributed by atoms with Crippen LogP contribution in [0, 0.1) is 13.8 Å². The van der Waals surface area contributed by atoms with Gasteiger partial charge in [0.2, 0.25) is 0 Å². The predicted molar refractivity (Wildman–Crippen MR) is 54.3 cm³/mol. The van der Waals surface area contributed by atoms with Gasteiger partial charge < -0.3 is 0 Å². The van der Waals surface area contributed by atoms with E-state index in [0.717, 1.165) is 0 Å². The monoisotopic (exact) mass is 178 g/mol. The van der Waals surface area contributed by atoms with Gasteiger partial charge in [-0.25, -0.2) is 0 Å². The largest absolute Gasteiger partial charge is 0.250 e. The van der Waals surface area contributed by atoms with Crippen molar-refractivity contribution >= 4 is 20.3 Å². The molecule has 0 aliphatic rings. The summed E-state index contributed by atoms with van der Waals surface area (Å²) in [5.74, 6) is 0. The zero-order chi connectivity index (χ0) is 8.72. The van der Waals surface area contributed by atoms with Gasteiger partial charge in [-0.1, -0.05) is 11.6 Å². The summed E-state index contributed by atoms with van der Waals surface area (Å²) < 4.78 is 1.84. The molecular formula is C9H11N2P. The number of aryl methyl sites for hydroxylation is 2. The maximum absolute atomic E-state index is 4.18. The standard InChI is InChI=1S/C9H11N2P/c1-6-3-7(2)9-8(4-6)5-10-11(9)12/h3-5H,12H2,1-2H3. The molecule has 12 heavy (non-hydrogen) atoms. The first-order valence-corrected chi connectivity index (χ1v) is 4.40. The highest BCUT2D eigenvalue weighted by Gasteiger charge is 2.02. The number of rotatable bonds is 0. The van der Waals surface area contributed by atoms with E-state index in [4.69, 9.17) is 0 Å². The first-order chi connectivity index (χ1) is 5.68. The van der Waals surface area contributed by atoms with E-state index in [9.17, 15) is 0 Å². The van der Waals surface area contributed by atoms with E-state index in [1.165, 1.54) is 22.0 Å². The third kappa shape index (κ3) is 1.03. The van der Waals surface area contributed by atoms with Gasteiger partial charge in [-0.15, -0.1) is 0 Å². The second kappa shape index (κ2) is 2.56. The average Bonchev–Trinajstić information content (AvgIpc) is 2.31. The molecule has 0 saturated heterocycles. The second-order valence-electron chi connectivity index (χ2n) is 3.11. The summed E-state index contributed by atoms with van der Waals surface area (Å²) in [5.41, 5.74) is 3.76. The Morgan fingerprint density at radius 1 is 1.33 bits per heavy atom. The minimum absolute atomic E-state index is 1.20. The summed E-state index contributed by atoms with van der Waals surface area (Å²) in [6, 6.07) is 4.32. The van der Waals surface area contributed by atoms with E-state index in [-0.39, 0.29) is 0 Å². The fourth-order valence-electron chi connectivity index (χ4n) is 1.59. The van der Waals surface area contributed by atoms with Crippen LogP contribution < -0.4 is 0 Å². The summed E-state index contributed by atoms with van der Waals surface area (Å²) in [4.78, 5) is 0.